The Hall–Kier alpha value is -1.03. The SMILES string of the molecule is COc1cccc(C(O)c2cc(Br)ccc2Cl)c1. The van der Waals surface area contributed by atoms with Crippen LogP contribution in [0.25, 0.3) is 0 Å². The molecule has 1 atom stereocenters. The van der Waals surface area contributed by atoms with Gasteiger partial charge in [-0.05, 0) is 35.9 Å². The second-order valence-electron chi connectivity index (χ2n) is 3.84. The molecule has 0 saturated heterocycles. The van der Waals surface area contributed by atoms with Gasteiger partial charge >= 0.3 is 0 Å². The monoisotopic (exact) mass is 326 g/mol. The molecule has 18 heavy (non-hydrogen) atoms. The molecule has 1 N–H and O–H groups in total. The van der Waals surface area contributed by atoms with Crippen LogP contribution in [0.1, 0.15) is 17.2 Å². The highest BCUT2D eigenvalue weighted by molar-refractivity contribution is 9.10. The standard InChI is InChI=1S/C14H12BrClO2/c1-18-11-4-2-3-9(7-11)14(17)12-8-10(15)5-6-13(12)16/h2-8,14,17H,1H3. The van der Waals surface area contributed by atoms with Crippen molar-refractivity contribution in [2.24, 2.45) is 0 Å². The molecule has 0 spiro atoms. The largest absolute Gasteiger partial charge is 0.497 e. The summed E-state index contributed by atoms with van der Waals surface area (Å²) in [7, 11) is 1.59. The summed E-state index contributed by atoms with van der Waals surface area (Å²) < 4.78 is 6.02. The summed E-state index contributed by atoms with van der Waals surface area (Å²) in [4.78, 5) is 0. The van der Waals surface area contributed by atoms with E-state index in [1.54, 1.807) is 19.2 Å². The zero-order chi connectivity index (χ0) is 13.1. The van der Waals surface area contributed by atoms with Gasteiger partial charge in [-0.1, -0.05) is 39.7 Å². The van der Waals surface area contributed by atoms with Gasteiger partial charge in [0.25, 0.3) is 0 Å². The number of rotatable bonds is 3. The predicted octanol–water partition coefficient (Wildman–Crippen LogP) is 4.19. The second-order valence-corrected chi connectivity index (χ2v) is 5.17. The second kappa shape index (κ2) is 5.74. The van der Waals surface area contributed by atoms with E-state index in [-0.39, 0.29) is 0 Å². The lowest BCUT2D eigenvalue weighted by Gasteiger charge is -2.14. The maximum Gasteiger partial charge on any atom is 0.119 e. The summed E-state index contributed by atoms with van der Waals surface area (Å²) in [5.41, 5.74) is 1.41. The van der Waals surface area contributed by atoms with Gasteiger partial charge in [-0.3, -0.25) is 0 Å². The molecule has 2 rings (SSSR count). The molecule has 0 amide bonds. The van der Waals surface area contributed by atoms with Crippen molar-refractivity contribution < 1.29 is 9.84 Å². The van der Waals surface area contributed by atoms with Crippen molar-refractivity contribution in [3.63, 3.8) is 0 Å². The number of methoxy groups -OCH3 is 1. The molecule has 0 aliphatic carbocycles. The van der Waals surface area contributed by atoms with E-state index in [0.29, 0.717) is 16.3 Å². The van der Waals surface area contributed by atoms with Gasteiger partial charge in [-0.2, -0.15) is 0 Å². The first-order valence-electron chi connectivity index (χ1n) is 5.39. The molecular formula is C14H12BrClO2. The maximum atomic E-state index is 10.4. The number of hydrogen-bond donors (Lipinski definition) is 1. The highest BCUT2D eigenvalue weighted by Gasteiger charge is 2.14. The van der Waals surface area contributed by atoms with Crippen molar-refractivity contribution in [1.82, 2.24) is 0 Å². The van der Waals surface area contributed by atoms with Crippen molar-refractivity contribution in [2.75, 3.05) is 7.11 Å². The topological polar surface area (TPSA) is 29.5 Å². The molecule has 0 aromatic heterocycles. The van der Waals surface area contributed by atoms with Crippen LogP contribution in [0.5, 0.6) is 5.75 Å². The fraction of sp³-hybridized carbons (Fsp3) is 0.143. The lowest BCUT2D eigenvalue weighted by atomic mass is 10.0. The lowest BCUT2D eigenvalue weighted by molar-refractivity contribution is 0.220. The molecule has 0 fully saturated rings. The van der Waals surface area contributed by atoms with E-state index in [0.717, 1.165) is 10.0 Å². The van der Waals surface area contributed by atoms with Gasteiger partial charge in [0.2, 0.25) is 0 Å². The molecule has 94 valence electrons. The van der Waals surface area contributed by atoms with Crippen LogP contribution in [0.3, 0.4) is 0 Å². The van der Waals surface area contributed by atoms with Crippen LogP contribution < -0.4 is 4.74 Å². The van der Waals surface area contributed by atoms with Crippen LogP contribution in [0, 0.1) is 0 Å². The zero-order valence-corrected chi connectivity index (χ0v) is 12.1. The molecule has 0 radical (unpaired) electrons. The van der Waals surface area contributed by atoms with Gasteiger partial charge < -0.3 is 9.84 Å². The van der Waals surface area contributed by atoms with Gasteiger partial charge in [-0.15, -0.1) is 0 Å². The van der Waals surface area contributed by atoms with Crippen LogP contribution in [0.15, 0.2) is 46.9 Å². The average Bonchev–Trinajstić information content (AvgIpc) is 2.41. The minimum Gasteiger partial charge on any atom is -0.497 e. The molecule has 0 aliphatic heterocycles. The molecular weight excluding hydrogens is 316 g/mol. The molecule has 0 saturated carbocycles. The minimum absolute atomic E-state index is 0.536. The highest BCUT2D eigenvalue weighted by Crippen LogP contribution is 2.31. The third kappa shape index (κ3) is 2.86. The molecule has 0 aliphatic rings. The normalized spacial score (nSPS) is 12.2. The Morgan fingerprint density at radius 3 is 2.72 bits per heavy atom. The molecule has 0 heterocycles. The molecule has 0 bridgehead atoms. The fourth-order valence-electron chi connectivity index (χ4n) is 1.72. The van der Waals surface area contributed by atoms with E-state index in [2.05, 4.69) is 15.9 Å². The third-order valence-electron chi connectivity index (χ3n) is 2.66. The van der Waals surface area contributed by atoms with Crippen LogP contribution in [0.4, 0.5) is 0 Å². The molecule has 4 heteroatoms. The van der Waals surface area contributed by atoms with Gasteiger partial charge in [0.05, 0.1) is 7.11 Å². The van der Waals surface area contributed by atoms with Crippen LogP contribution >= 0.6 is 27.5 Å². The first kappa shape index (κ1) is 13.4. The number of aliphatic hydroxyl groups excluding tert-OH is 1. The Morgan fingerprint density at radius 1 is 1.22 bits per heavy atom. The van der Waals surface area contributed by atoms with E-state index in [1.807, 2.05) is 30.3 Å². The summed E-state index contributed by atoms with van der Waals surface area (Å²) in [6, 6.07) is 12.7. The van der Waals surface area contributed by atoms with E-state index in [9.17, 15) is 5.11 Å². The number of benzene rings is 2. The van der Waals surface area contributed by atoms with Crippen molar-refractivity contribution in [2.45, 2.75) is 6.10 Å². The van der Waals surface area contributed by atoms with Crippen LogP contribution in [-0.4, -0.2) is 12.2 Å². The Morgan fingerprint density at radius 2 is 2.00 bits per heavy atom. The van der Waals surface area contributed by atoms with E-state index in [4.69, 9.17) is 16.3 Å². The Kier molecular flexibility index (Phi) is 4.27. The Labute approximate surface area is 119 Å². The Balaban J connectivity index is 2.40. The van der Waals surface area contributed by atoms with Crippen LogP contribution in [-0.2, 0) is 0 Å². The zero-order valence-electron chi connectivity index (χ0n) is 9.73. The highest BCUT2D eigenvalue weighted by atomic mass is 79.9. The first-order chi connectivity index (χ1) is 8.61. The summed E-state index contributed by atoms with van der Waals surface area (Å²) >= 11 is 9.47. The quantitative estimate of drug-likeness (QED) is 0.916. The van der Waals surface area contributed by atoms with Crippen molar-refractivity contribution in [3.05, 3.63) is 63.1 Å². The minimum atomic E-state index is -0.773. The predicted molar refractivity (Wildman–Crippen MR) is 76.2 cm³/mol. The van der Waals surface area contributed by atoms with Crippen molar-refractivity contribution >= 4 is 27.5 Å². The maximum absolute atomic E-state index is 10.4. The molecule has 1 unspecified atom stereocenters. The summed E-state index contributed by atoms with van der Waals surface area (Å²) in [6.45, 7) is 0. The van der Waals surface area contributed by atoms with E-state index < -0.39 is 6.10 Å². The summed E-state index contributed by atoms with van der Waals surface area (Å²) in [5, 5.41) is 10.9. The lowest BCUT2D eigenvalue weighted by Crippen LogP contribution is -2.01. The number of halogens is 2. The average molecular weight is 328 g/mol. The first-order valence-corrected chi connectivity index (χ1v) is 6.56. The number of aliphatic hydroxyl groups is 1. The van der Waals surface area contributed by atoms with Crippen LogP contribution in [0.2, 0.25) is 5.02 Å². The van der Waals surface area contributed by atoms with E-state index >= 15 is 0 Å². The number of hydrogen-bond acceptors (Lipinski definition) is 2. The summed E-state index contributed by atoms with van der Waals surface area (Å²) in [6.07, 6.45) is -0.773. The van der Waals surface area contributed by atoms with Gasteiger partial charge in [-0.25, -0.2) is 0 Å². The summed E-state index contributed by atoms with van der Waals surface area (Å²) in [5.74, 6) is 0.706. The smallest absolute Gasteiger partial charge is 0.119 e. The molecule has 2 aromatic rings. The molecule has 2 nitrogen and oxygen atoms in total. The van der Waals surface area contributed by atoms with Gasteiger partial charge in [0.1, 0.15) is 11.9 Å². The third-order valence-corrected chi connectivity index (χ3v) is 3.50. The van der Waals surface area contributed by atoms with Crippen molar-refractivity contribution in [1.29, 1.82) is 0 Å². The van der Waals surface area contributed by atoms with Gasteiger partial charge in [0.15, 0.2) is 0 Å². The number of ether oxygens (including phenoxy) is 1. The van der Waals surface area contributed by atoms with E-state index in [1.165, 1.54) is 0 Å². The molecule has 2 aromatic carbocycles. The Bertz CT molecular complexity index is 557. The fourth-order valence-corrected chi connectivity index (χ4v) is 2.32. The van der Waals surface area contributed by atoms with Crippen molar-refractivity contribution in [3.8, 4) is 5.75 Å². The van der Waals surface area contributed by atoms with Gasteiger partial charge in [0, 0.05) is 15.1 Å².